The molecule has 1 fully saturated rings. The van der Waals surface area contributed by atoms with Crippen LogP contribution in [0, 0.1) is 0 Å². The Labute approximate surface area is 58.5 Å². The summed E-state index contributed by atoms with van der Waals surface area (Å²) in [7, 11) is 0. The van der Waals surface area contributed by atoms with E-state index < -0.39 is 0 Å². The number of alkyl halides is 1. The molecular weight excluding hydrogens is 168 g/mol. The molecule has 0 radical (unpaired) electrons. The molecule has 1 rings (SSSR count). The van der Waals surface area contributed by atoms with Crippen LogP contribution < -0.4 is 0 Å². The van der Waals surface area contributed by atoms with Crippen LogP contribution in [0.1, 0.15) is 19.8 Å². The Balaban J connectivity index is 2.30. The van der Waals surface area contributed by atoms with Crippen LogP contribution in [0.2, 0.25) is 0 Å². The van der Waals surface area contributed by atoms with Crippen molar-refractivity contribution in [2.75, 3.05) is 6.61 Å². The van der Waals surface area contributed by atoms with E-state index in [9.17, 15) is 0 Å². The van der Waals surface area contributed by atoms with E-state index in [1.807, 2.05) is 0 Å². The number of rotatable bonds is 1. The first-order valence-electron chi connectivity index (χ1n) is 3.10. The first-order valence-corrected chi connectivity index (χ1v) is 4.02. The van der Waals surface area contributed by atoms with E-state index in [1.165, 1.54) is 6.42 Å². The molecule has 8 heavy (non-hydrogen) atoms. The second kappa shape index (κ2) is 2.83. The number of halogens is 1. The monoisotopic (exact) mass is 178 g/mol. The standard InChI is InChI=1S/C6H11BrO/c1-2-6-5(7)3-4-8-6/h5-6H,2-4H2,1H3/t5-,6-/m0/s1. The predicted molar refractivity (Wildman–Crippen MR) is 37.4 cm³/mol. The minimum Gasteiger partial charge on any atom is -0.377 e. The summed E-state index contributed by atoms with van der Waals surface area (Å²) >= 11 is 3.54. The summed E-state index contributed by atoms with van der Waals surface area (Å²) in [6.07, 6.45) is 2.80. The maximum Gasteiger partial charge on any atom is 0.0698 e. The average molecular weight is 179 g/mol. The molecule has 0 aromatic rings. The van der Waals surface area contributed by atoms with Gasteiger partial charge < -0.3 is 4.74 Å². The topological polar surface area (TPSA) is 9.23 Å². The summed E-state index contributed by atoms with van der Waals surface area (Å²) in [6.45, 7) is 3.10. The van der Waals surface area contributed by atoms with Gasteiger partial charge in [0.05, 0.1) is 6.10 Å². The van der Waals surface area contributed by atoms with Crippen LogP contribution in [0.4, 0.5) is 0 Å². The van der Waals surface area contributed by atoms with Crippen molar-refractivity contribution in [2.45, 2.75) is 30.7 Å². The Morgan fingerprint density at radius 2 is 2.50 bits per heavy atom. The molecule has 0 unspecified atom stereocenters. The van der Waals surface area contributed by atoms with Crippen LogP contribution in [0.15, 0.2) is 0 Å². The van der Waals surface area contributed by atoms with Crippen LogP contribution >= 0.6 is 15.9 Å². The quantitative estimate of drug-likeness (QED) is 0.559. The Morgan fingerprint density at radius 3 is 2.75 bits per heavy atom. The largest absolute Gasteiger partial charge is 0.377 e. The summed E-state index contributed by atoms with van der Waals surface area (Å²) in [5.41, 5.74) is 0. The number of hydrogen-bond acceptors (Lipinski definition) is 1. The van der Waals surface area contributed by atoms with Gasteiger partial charge in [-0.1, -0.05) is 22.9 Å². The normalized spacial score (nSPS) is 38.2. The van der Waals surface area contributed by atoms with E-state index in [4.69, 9.17) is 4.74 Å². The first-order chi connectivity index (χ1) is 3.84. The van der Waals surface area contributed by atoms with Gasteiger partial charge in [-0.15, -0.1) is 0 Å². The molecule has 0 aromatic heterocycles. The zero-order valence-corrected chi connectivity index (χ0v) is 6.65. The third-order valence-corrected chi connectivity index (χ3v) is 2.58. The lowest BCUT2D eigenvalue weighted by Crippen LogP contribution is -2.12. The van der Waals surface area contributed by atoms with Gasteiger partial charge in [-0.2, -0.15) is 0 Å². The fraction of sp³-hybridized carbons (Fsp3) is 1.00. The van der Waals surface area contributed by atoms with Crippen molar-refractivity contribution in [3.8, 4) is 0 Å². The van der Waals surface area contributed by atoms with Crippen molar-refractivity contribution in [1.82, 2.24) is 0 Å². The molecule has 0 saturated carbocycles. The average Bonchev–Trinajstić information content (AvgIpc) is 2.14. The molecule has 0 amide bonds. The highest BCUT2D eigenvalue weighted by Gasteiger charge is 2.23. The summed E-state index contributed by atoms with van der Waals surface area (Å²) in [6, 6.07) is 0. The predicted octanol–water partition coefficient (Wildman–Crippen LogP) is 1.95. The second-order valence-electron chi connectivity index (χ2n) is 2.12. The molecule has 2 atom stereocenters. The lowest BCUT2D eigenvalue weighted by Gasteiger charge is -2.08. The first kappa shape index (κ1) is 6.56. The highest BCUT2D eigenvalue weighted by molar-refractivity contribution is 9.09. The van der Waals surface area contributed by atoms with Crippen molar-refractivity contribution < 1.29 is 4.74 Å². The Morgan fingerprint density at radius 1 is 1.75 bits per heavy atom. The van der Waals surface area contributed by atoms with Crippen molar-refractivity contribution in [3.05, 3.63) is 0 Å². The molecule has 48 valence electrons. The van der Waals surface area contributed by atoms with Crippen molar-refractivity contribution >= 4 is 15.9 Å². The van der Waals surface area contributed by atoms with Crippen LogP contribution in [-0.4, -0.2) is 17.5 Å². The van der Waals surface area contributed by atoms with Crippen molar-refractivity contribution in [3.63, 3.8) is 0 Å². The van der Waals surface area contributed by atoms with Gasteiger partial charge in [0, 0.05) is 11.4 Å². The fourth-order valence-electron chi connectivity index (χ4n) is 0.996. The van der Waals surface area contributed by atoms with E-state index >= 15 is 0 Å². The number of ether oxygens (including phenoxy) is 1. The lowest BCUT2D eigenvalue weighted by molar-refractivity contribution is 0.111. The van der Waals surface area contributed by atoms with Crippen LogP contribution in [0.5, 0.6) is 0 Å². The zero-order chi connectivity index (χ0) is 5.98. The van der Waals surface area contributed by atoms with Crippen molar-refractivity contribution in [1.29, 1.82) is 0 Å². The van der Waals surface area contributed by atoms with Gasteiger partial charge >= 0.3 is 0 Å². The molecule has 1 heterocycles. The Hall–Kier alpha value is 0.440. The fourth-order valence-corrected chi connectivity index (χ4v) is 1.71. The Bertz CT molecular complexity index is 74.9. The lowest BCUT2D eigenvalue weighted by atomic mass is 10.2. The van der Waals surface area contributed by atoms with Gasteiger partial charge in [-0.25, -0.2) is 0 Å². The molecule has 1 saturated heterocycles. The molecule has 1 aliphatic heterocycles. The van der Waals surface area contributed by atoms with Gasteiger partial charge in [-0.05, 0) is 12.8 Å². The SMILES string of the molecule is CC[C@@H]1OCC[C@@H]1Br. The minimum absolute atomic E-state index is 0.481. The second-order valence-corrected chi connectivity index (χ2v) is 3.30. The van der Waals surface area contributed by atoms with Crippen LogP contribution in [0.25, 0.3) is 0 Å². The van der Waals surface area contributed by atoms with E-state index in [1.54, 1.807) is 0 Å². The molecule has 0 spiro atoms. The molecular formula is C6H11BrO. The van der Waals surface area contributed by atoms with Gasteiger partial charge in [0.25, 0.3) is 0 Å². The van der Waals surface area contributed by atoms with Gasteiger partial charge in [0.2, 0.25) is 0 Å². The van der Waals surface area contributed by atoms with Gasteiger partial charge in [0.15, 0.2) is 0 Å². The maximum atomic E-state index is 5.37. The summed E-state index contributed by atoms with van der Waals surface area (Å²) in [5, 5.41) is 0. The Kier molecular flexibility index (Phi) is 2.32. The smallest absolute Gasteiger partial charge is 0.0698 e. The minimum atomic E-state index is 0.481. The van der Waals surface area contributed by atoms with Gasteiger partial charge in [-0.3, -0.25) is 0 Å². The molecule has 1 aliphatic rings. The number of hydrogen-bond donors (Lipinski definition) is 0. The maximum absolute atomic E-state index is 5.37. The van der Waals surface area contributed by atoms with E-state index in [0.29, 0.717) is 10.9 Å². The highest BCUT2D eigenvalue weighted by atomic mass is 79.9. The van der Waals surface area contributed by atoms with E-state index in [-0.39, 0.29) is 0 Å². The third-order valence-electron chi connectivity index (χ3n) is 1.53. The van der Waals surface area contributed by atoms with E-state index in [2.05, 4.69) is 22.9 Å². The summed E-state index contributed by atoms with van der Waals surface area (Å²) < 4.78 is 5.37. The molecule has 0 bridgehead atoms. The summed E-state index contributed by atoms with van der Waals surface area (Å²) in [4.78, 5) is 0.618. The molecule has 0 aromatic carbocycles. The van der Waals surface area contributed by atoms with Crippen LogP contribution in [0.3, 0.4) is 0 Å². The van der Waals surface area contributed by atoms with Crippen molar-refractivity contribution in [2.24, 2.45) is 0 Å². The molecule has 0 aliphatic carbocycles. The summed E-state index contributed by atoms with van der Waals surface area (Å²) in [5.74, 6) is 0. The molecule has 0 N–H and O–H groups in total. The highest BCUT2D eigenvalue weighted by Crippen LogP contribution is 2.22. The van der Waals surface area contributed by atoms with Crippen LogP contribution in [-0.2, 0) is 4.74 Å². The van der Waals surface area contributed by atoms with Gasteiger partial charge in [0.1, 0.15) is 0 Å². The molecule has 2 heteroatoms. The molecule has 1 nitrogen and oxygen atoms in total. The zero-order valence-electron chi connectivity index (χ0n) is 5.06. The third kappa shape index (κ3) is 1.23. The van der Waals surface area contributed by atoms with E-state index in [0.717, 1.165) is 13.0 Å².